The average Bonchev–Trinajstić information content (AvgIpc) is 2.25. The molecule has 0 bridgehead atoms. The molecule has 0 atom stereocenters. The van der Waals surface area contributed by atoms with E-state index in [1.807, 2.05) is 0 Å². The smallest absolute Gasteiger partial charge is 0.282 e. The van der Waals surface area contributed by atoms with Crippen molar-refractivity contribution in [1.82, 2.24) is 0 Å². The second kappa shape index (κ2) is 5.88. The van der Waals surface area contributed by atoms with Crippen LogP contribution in [0, 0.1) is 6.92 Å². The Morgan fingerprint density at radius 1 is 1.14 bits per heavy atom. The molecule has 3 nitrogen and oxygen atoms in total. The number of hydrogen-bond acceptors (Lipinski definition) is 2. The number of benzene rings is 1. The van der Waals surface area contributed by atoms with E-state index in [-0.39, 0.29) is 12.0 Å². The Labute approximate surface area is 118 Å². The molecule has 0 aliphatic rings. The zero-order chi connectivity index (χ0) is 16.5. The zero-order valence-corrected chi connectivity index (χ0v) is 11.7. The van der Waals surface area contributed by atoms with Crippen LogP contribution in [-0.4, -0.2) is 25.1 Å². The van der Waals surface area contributed by atoms with Gasteiger partial charge in [-0.2, -0.15) is 30.4 Å². The highest BCUT2D eigenvalue weighted by Gasteiger charge is 2.56. The van der Waals surface area contributed by atoms with Gasteiger partial charge in [-0.3, -0.25) is 4.55 Å². The van der Waals surface area contributed by atoms with E-state index in [1.165, 1.54) is 12.1 Å². The van der Waals surface area contributed by atoms with E-state index < -0.39 is 40.0 Å². The van der Waals surface area contributed by atoms with Crippen LogP contribution in [0.3, 0.4) is 0 Å². The normalized spacial score (nSPS) is 13.5. The third-order valence-corrected chi connectivity index (χ3v) is 3.80. The van der Waals surface area contributed by atoms with E-state index in [0.717, 1.165) is 6.07 Å². The number of aryl methyl sites for hydroxylation is 2. The Morgan fingerprint density at radius 2 is 1.71 bits per heavy atom. The van der Waals surface area contributed by atoms with E-state index in [0.29, 0.717) is 5.56 Å². The van der Waals surface area contributed by atoms with Crippen molar-refractivity contribution in [2.24, 2.45) is 0 Å². The van der Waals surface area contributed by atoms with E-state index in [9.17, 15) is 30.4 Å². The molecule has 1 N–H and O–H groups in total. The quantitative estimate of drug-likeness (QED) is 0.660. The van der Waals surface area contributed by atoms with E-state index in [2.05, 4.69) is 0 Å². The summed E-state index contributed by atoms with van der Waals surface area (Å²) in [6.07, 6.45) is -7.97. The molecule has 0 aromatic heterocycles. The summed E-state index contributed by atoms with van der Waals surface area (Å²) < 4.78 is 92.7. The van der Waals surface area contributed by atoms with Crippen LogP contribution in [0.4, 0.5) is 22.0 Å². The van der Waals surface area contributed by atoms with Crippen molar-refractivity contribution in [2.45, 2.75) is 43.2 Å². The van der Waals surface area contributed by atoms with Gasteiger partial charge in [-0.05, 0) is 31.4 Å². The van der Waals surface area contributed by atoms with Gasteiger partial charge in [0, 0.05) is 6.42 Å². The first-order valence-corrected chi connectivity index (χ1v) is 7.30. The van der Waals surface area contributed by atoms with Crippen LogP contribution < -0.4 is 0 Å². The van der Waals surface area contributed by atoms with Gasteiger partial charge in [-0.25, -0.2) is 0 Å². The second-order valence-corrected chi connectivity index (χ2v) is 6.03. The first-order valence-electron chi connectivity index (χ1n) is 5.86. The topological polar surface area (TPSA) is 54.4 Å². The van der Waals surface area contributed by atoms with Gasteiger partial charge in [0.1, 0.15) is 0 Å². The van der Waals surface area contributed by atoms with Crippen molar-refractivity contribution >= 4 is 10.1 Å². The maximum Gasteiger partial charge on any atom is 0.453 e. The molecule has 0 fully saturated rings. The van der Waals surface area contributed by atoms with Gasteiger partial charge in [0.25, 0.3) is 10.1 Å². The van der Waals surface area contributed by atoms with Gasteiger partial charge in [0.15, 0.2) is 0 Å². The van der Waals surface area contributed by atoms with Crippen LogP contribution in [0.25, 0.3) is 0 Å². The van der Waals surface area contributed by atoms with Gasteiger partial charge in [-0.15, -0.1) is 0 Å². The predicted octanol–water partition coefficient (Wildman–Crippen LogP) is 3.76. The van der Waals surface area contributed by atoms with Crippen LogP contribution in [0.15, 0.2) is 23.1 Å². The summed E-state index contributed by atoms with van der Waals surface area (Å²) in [7, 11) is -4.55. The van der Waals surface area contributed by atoms with Crippen molar-refractivity contribution in [1.29, 1.82) is 0 Å². The van der Waals surface area contributed by atoms with Crippen molar-refractivity contribution < 1.29 is 34.9 Å². The van der Waals surface area contributed by atoms with Crippen molar-refractivity contribution in [2.75, 3.05) is 0 Å². The predicted molar refractivity (Wildman–Crippen MR) is 64.9 cm³/mol. The number of hydrogen-bond donors (Lipinski definition) is 1. The molecule has 0 heterocycles. The van der Waals surface area contributed by atoms with Gasteiger partial charge in [-0.1, -0.05) is 17.7 Å². The minimum absolute atomic E-state index is 0.00970. The van der Waals surface area contributed by atoms with Crippen molar-refractivity contribution in [3.8, 4) is 0 Å². The van der Waals surface area contributed by atoms with Crippen LogP contribution in [0.2, 0.25) is 0 Å². The maximum absolute atomic E-state index is 12.8. The highest BCUT2D eigenvalue weighted by atomic mass is 32.2. The molecular formula is C12H13F5O3S. The molecule has 0 radical (unpaired) electrons. The first kappa shape index (κ1) is 17.8. The summed E-state index contributed by atoms with van der Waals surface area (Å²) >= 11 is 0. The molecular weight excluding hydrogens is 319 g/mol. The molecule has 0 aliphatic carbocycles. The minimum atomic E-state index is -5.63. The highest BCUT2D eigenvalue weighted by molar-refractivity contribution is 7.85. The molecule has 0 saturated carbocycles. The van der Waals surface area contributed by atoms with Crippen LogP contribution >= 0.6 is 0 Å². The van der Waals surface area contributed by atoms with Gasteiger partial charge in [0.05, 0.1) is 4.90 Å². The van der Waals surface area contributed by atoms with E-state index >= 15 is 0 Å². The lowest BCUT2D eigenvalue weighted by molar-refractivity contribution is -0.284. The molecule has 0 spiro atoms. The monoisotopic (exact) mass is 332 g/mol. The lowest BCUT2D eigenvalue weighted by Crippen LogP contribution is -2.36. The van der Waals surface area contributed by atoms with Crippen molar-refractivity contribution in [3.63, 3.8) is 0 Å². The Kier molecular flexibility index (Phi) is 4.99. The van der Waals surface area contributed by atoms with Crippen LogP contribution in [-0.2, 0) is 16.5 Å². The van der Waals surface area contributed by atoms with E-state index in [1.54, 1.807) is 6.92 Å². The molecule has 120 valence electrons. The third-order valence-electron chi connectivity index (χ3n) is 2.85. The van der Waals surface area contributed by atoms with Crippen LogP contribution in [0.5, 0.6) is 0 Å². The largest absolute Gasteiger partial charge is 0.453 e. The van der Waals surface area contributed by atoms with Crippen molar-refractivity contribution in [3.05, 3.63) is 29.3 Å². The van der Waals surface area contributed by atoms with Gasteiger partial charge in [0.2, 0.25) is 0 Å². The lowest BCUT2D eigenvalue weighted by Gasteiger charge is -2.19. The second-order valence-electron chi connectivity index (χ2n) is 4.64. The number of halogens is 5. The maximum atomic E-state index is 12.8. The highest BCUT2D eigenvalue weighted by Crippen LogP contribution is 2.39. The molecule has 0 unspecified atom stereocenters. The number of alkyl halides is 5. The SMILES string of the molecule is Cc1ccc(S(=O)(=O)O)c(CCCC(F)(F)C(F)(F)F)c1. The molecule has 0 amide bonds. The third kappa shape index (κ3) is 4.63. The fourth-order valence-corrected chi connectivity index (χ4v) is 2.53. The summed E-state index contributed by atoms with van der Waals surface area (Å²) in [6, 6.07) is 3.80. The Bertz CT molecular complexity index is 608. The van der Waals surface area contributed by atoms with Gasteiger partial charge >= 0.3 is 12.1 Å². The summed E-state index contributed by atoms with van der Waals surface area (Å²) in [4.78, 5) is -0.483. The fraction of sp³-hybridized carbons (Fsp3) is 0.500. The Morgan fingerprint density at radius 3 is 2.19 bits per heavy atom. The average molecular weight is 332 g/mol. The molecule has 21 heavy (non-hydrogen) atoms. The molecule has 0 aliphatic heterocycles. The zero-order valence-electron chi connectivity index (χ0n) is 10.9. The Hall–Kier alpha value is -1.22. The first-order chi connectivity index (χ1) is 9.34. The minimum Gasteiger partial charge on any atom is -0.282 e. The lowest BCUT2D eigenvalue weighted by atomic mass is 10.0. The van der Waals surface area contributed by atoms with Gasteiger partial charge < -0.3 is 0 Å². The Balaban J connectivity index is 2.88. The summed E-state index contributed by atoms with van der Waals surface area (Å²) in [5, 5.41) is 0. The molecule has 9 heteroatoms. The molecule has 1 aromatic rings. The fourth-order valence-electron chi connectivity index (χ4n) is 1.80. The molecule has 1 rings (SSSR count). The summed E-state index contributed by atoms with van der Waals surface area (Å²) in [5.74, 6) is -4.82. The standard InChI is InChI=1S/C12H13F5O3S/c1-8-4-5-10(21(18,19)20)9(7-8)3-2-6-11(13,14)12(15,16)17/h4-5,7H,2-3,6H2,1H3,(H,18,19,20). The van der Waals surface area contributed by atoms with E-state index in [4.69, 9.17) is 4.55 Å². The summed E-state index contributed by atoms with van der Waals surface area (Å²) in [5.41, 5.74) is 0.607. The molecule has 0 saturated heterocycles. The number of rotatable bonds is 5. The molecule has 1 aromatic carbocycles. The van der Waals surface area contributed by atoms with Crippen LogP contribution in [0.1, 0.15) is 24.0 Å². The summed E-state index contributed by atoms with van der Waals surface area (Å²) in [6.45, 7) is 1.60.